The summed E-state index contributed by atoms with van der Waals surface area (Å²) >= 11 is 1.60. The van der Waals surface area contributed by atoms with E-state index in [1.807, 2.05) is 23.6 Å². The van der Waals surface area contributed by atoms with Gasteiger partial charge in [0.1, 0.15) is 11.5 Å². The number of hydrogen-bond acceptors (Lipinski definition) is 4. The Morgan fingerprint density at radius 1 is 1.45 bits per heavy atom. The number of nitrogens with zero attached hydrogens (tertiary/aromatic N) is 2. The van der Waals surface area contributed by atoms with Crippen molar-refractivity contribution < 1.29 is 9.90 Å². The molecule has 2 N–H and O–H groups in total. The normalized spacial score (nSPS) is 11.6. The number of aliphatic hydroxyl groups is 1. The van der Waals surface area contributed by atoms with E-state index in [1.54, 1.807) is 16.0 Å². The number of rotatable bonds is 6. The monoisotopic (exact) mass is 321 g/mol. The van der Waals surface area contributed by atoms with Gasteiger partial charge in [0, 0.05) is 12.5 Å². The van der Waals surface area contributed by atoms with E-state index in [9.17, 15) is 4.79 Å². The lowest BCUT2D eigenvalue weighted by Gasteiger charge is -2.17. The van der Waals surface area contributed by atoms with Gasteiger partial charge in [0.25, 0.3) is 0 Å². The van der Waals surface area contributed by atoms with Crippen molar-refractivity contribution in [3.05, 3.63) is 23.6 Å². The Morgan fingerprint density at radius 2 is 2.23 bits per heavy atom. The summed E-state index contributed by atoms with van der Waals surface area (Å²) in [6.07, 6.45) is 1.30. The summed E-state index contributed by atoms with van der Waals surface area (Å²) in [7, 11) is 0. The Bertz CT molecular complexity index is 612. The SMILES string of the molecule is CC(C)(C)CCC(=O)Nc1cc(-c2cccs2)nn1CCO. The summed E-state index contributed by atoms with van der Waals surface area (Å²) in [5.41, 5.74) is 0.944. The summed E-state index contributed by atoms with van der Waals surface area (Å²) in [5.74, 6) is 0.614. The van der Waals surface area contributed by atoms with E-state index in [-0.39, 0.29) is 17.9 Å². The number of aromatic nitrogens is 2. The highest BCUT2D eigenvalue weighted by Gasteiger charge is 2.16. The molecule has 0 spiro atoms. The lowest BCUT2D eigenvalue weighted by molar-refractivity contribution is -0.116. The topological polar surface area (TPSA) is 67.2 Å². The van der Waals surface area contributed by atoms with Gasteiger partial charge in [-0.25, -0.2) is 4.68 Å². The van der Waals surface area contributed by atoms with Crippen molar-refractivity contribution in [1.82, 2.24) is 9.78 Å². The van der Waals surface area contributed by atoms with Crippen LogP contribution in [-0.2, 0) is 11.3 Å². The van der Waals surface area contributed by atoms with Gasteiger partial charge in [-0.1, -0.05) is 26.8 Å². The summed E-state index contributed by atoms with van der Waals surface area (Å²) in [6, 6.07) is 5.81. The van der Waals surface area contributed by atoms with E-state index in [2.05, 4.69) is 31.2 Å². The van der Waals surface area contributed by atoms with Crippen LogP contribution < -0.4 is 5.32 Å². The predicted octanol–water partition coefficient (Wildman–Crippen LogP) is 3.37. The minimum absolute atomic E-state index is 0.0174. The van der Waals surface area contributed by atoms with Gasteiger partial charge in [-0.05, 0) is 23.3 Å². The summed E-state index contributed by atoms with van der Waals surface area (Å²) in [5, 5.41) is 18.5. The number of carbonyl (C=O) groups is 1. The molecule has 1 amide bonds. The first-order valence-electron chi connectivity index (χ1n) is 7.41. The molecule has 0 atom stereocenters. The second kappa shape index (κ2) is 7.07. The van der Waals surface area contributed by atoms with Crippen molar-refractivity contribution in [1.29, 1.82) is 0 Å². The van der Waals surface area contributed by atoms with Crippen LogP contribution >= 0.6 is 11.3 Å². The molecule has 0 aliphatic carbocycles. The van der Waals surface area contributed by atoms with E-state index in [4.69, 9.17) is 5.11 Å². The molecule has 2 aromatic rings. The fourth-order valence-electron chi connectivity index (χ4n) is 2.02. The summed E-state index contributed by atoms with van der Waals surface area (Å²) < 4.78 is 1.64. The molecule has 0 aliphatic rings. The highest BCUT2D eigenvalue weighted by atomic mass is 32.1. The van der Waals surface area contributed by atoms with Gasteiger partial charge in [0.15, 0.2) is 0 Å². The molecule has 2 heterocycles. The third-order valence-corrected chi connectivity index (χ3v) is 4.13. The Hall–Kier alpha value is -1.66. The standard InChI is InChI=1S/C16H23N3O2S/c1-16(2,3)7-6-15(21)17-14-11-12(13-5-4-10-22-13)18-19(14)8-9-20/h4-5,10-11,20H,6-9H2,1-3H3,(H,17,21). The summed E-state index contributed by atoms with van der Waals surface area (Å²) in [4.78, 5) is 13.1. The Labute approximate surface area is 135 Å². The quantitative estimate of drug-likeness (QED) is 0.857. The van der Waals surface area contributed by atoms with Crippen LogP contribution in [0.1, 0.15) is 33.6 Å². The summed E-state index contributed by atoms with van der Waals surface area (Å²) in [6.45, 7) is 6.69. The second-order valence-corrected chi connectivity index (χ2v) is 7.40. The van der Waals surface area contributed by atoms with Crippen LogP contribution in [0, 0.1) is 5.41 Å². The predicted molar refractivity (Wildman–Crippen MR) is 89.9 cm³/mol. The Balaban J connectivity index is 2.10. The van der Waals surface area contributed by atoms with Gasteiger partial charge in [-0.15, -0.1) is 11.3 Å². The molecule has 6 heteroatoms. The number of anilines is 1. The molecule has 0 saturated carbocycles. The molecule has 0 aliphatic heterocycles. The largest absolute Gasteiger partial charge is 0.394 e. The van der Waals surface area contributed by atoms with Gasteiger partial charge in [0.05, 0.1) is 18.0 Å². The lowest BCUT2D eigenvalue weighted by Crippen LogP contribution is -2.18. The van der Waals surface area contributed by atoms with Crippen molar-refractivity contribution in [3.63, 3.8) is 0 Å². The first-order chi connectivity index (χ1) is 10.4. The average molecular weight is 321 g/mol. The number of hydrogen-bond donors (Lipinski definition) is 2. The fourth-order valence-corrected chi connectivity index (χ4v) is 2.70. The van der Waals surface area contributed by atoms with Gasteiger partial charge < -0.3 is 10.4 Å². The first kappa shape index (κ1) is 16.7. The van der Waals surface area contributed by atoms with E-state index in [1.165, 1.54) is 0 Å². The Kier molecular flexibility index (Phi) is 5.37. The van der Waals surface area contributed by atoms with Crippen molar-refractivity contribution in [2.45, 2.75) is 40.2 Å². The van der Waals surface area contributed by atoms with E-state index < -0.39 is 0 Å². The van der Waals surface area contributed by atoms with Crippen molar-refractivity contribution >= 4 is 23.1 Å². The van der Waals surface area contributed by atoms with E-state index >= 15 is 0 Å². The molecule has 0 bridgehead atoms. The molecule has 2 rings (SSSR count). The zero-order valence-electron chi connectivity index (χ0n) is 13.3. The van der Waals surface area contributed by atoms with Crippen molar-refractivity contribution in [2.75, 3.05) is 11.9 Å². The number of amides is 1. The van der Waals surface area contributed by atoms with Crippen LogP contribution in [0.4, 0.5) is 5.82 Å². The van der Waals surface area contributed by atoms with Crippen LogP contribution in [0.2, 0.25) is 0 Å². The molecule has 0 fully saturated rings. The maximum atomic E-state index is 12.1. The highest BCUT2D eigenvalue weighted by Crippen LogP contribution is 2.26. The van der Waals surface area contributed by atoms with Crippen molar-refractivity contribution in [2.24, 2.45) is 5.41 Å². The maximum Gasteiger partial charge on any atom is 0.225 e. The number of thiophene rings is 1. The molecule has 5 nitrogen and oxygen atoms in total. The molecule has 0 saturated heterocycles. The third-order valence-electron chi connectivity index (χ3n) is 3.23. The van der Waals surface area contributed by atoms with Gasteiger partial charge in [-0.2, -0.15) is 5.10 Å². The highest BCUT2D eigenvalue weighted by molar-refractivity contribution is 7.13. The number of aliphatic hydroxyl groups excluding tert-OH is 1. The van der Waals surface area contributed by atoms with Gasteiger partial charge in [0.2, 0.25) is 5.91 Å². The minimum atomic E-state index is -0.0215. The van der Waals surface area contributed by atoms with Crippen LogP contribution in [0.25, 0.3) is 10.6 Å². The Morgan fingerprint density at radius 3 is 2.82 bits per heavy atom. The van der Waals surface area contributed by atoms with Crippen LogP contribution in [0.5, 0.6) is 0 Å². The van der Waals surface area contributed by atoms with E-state index in [0.717, 1.165) is 17.0 Å². The maximum absolute atomic E-state index is 12.1. The first-order valence-corrected chi connectivity index (χ1v) is 8.29. The molecular weight excluding hydrogens is 298 g/mol. The molecule has 22 heavy (non-hydrogen) atoms. The zero-order chi connectivity index (χ0) is 16.2. The second-order valence-electron chi connectivity index (χ2n) is 6.45. The fraction of sp³-hybridized carbons (Fsp3) is 0.500. The molecule has 2 aromatic heterocycles. The third kappa shape index (κ3) is 4.68. The molecule has 0 aromatic carbocycles. The van der Waals surface area contributed by atoms with Crippen LogP contribution in [0.3, 0.4) is 0 Å². The van der Waals surface area contributed by atoms with Crippen LogP contribution in [0.15, 0.2) is 23.6 Å². The number of carbonyl (C=O) groups excluding carboxylic acids is 1. The lowest BCUT2D eigenvalue weighted by atomic mass is 9.90. The van der Waals surface area contributed by atoms with Gasteiger partial charge in [-0.3, -0.25) is 4.79 Å². The molecular formula is C16H23N3O2S. The molecule has 120 valence electrons. The molecule has 0 unspecified atom stereocenters. The minimum Gasteiger partial charge on any atom is -0.394 e. The average Bonchev–Trinajstić information content (AvgIpc) is 3.06. The van der Waals surface area contributed by atoms with Crippen molar-refractivity contribution in [3.8, 4) is 10.6 Å². The number of nitrogens with one attached hydrogen (secondary N) is 1. The zero-order valence-corrected chi connectivity index (χ0v) is 14.1. The molecule has 0 radical (unpaired) electrons. The van der Waals surface area contributed by atoms with Crippen LogP contribution in [-0.4, -0.2) is 27.4 Å². The smallest absolute Gasteiger partial charge is 0.225 e. The van der Waals surface area contributed by atoms with E-state index in [0.29, 0.717) is 18.8 Å². The van der Waals surface area contributed by atoms with Gasteiger partial charge >= 0.3 is 0 Å².